The number of nitrogens with two attached hydrogens (primary N) is 1. The minimum atomic E-state index is -0.305. The van der Waals surface area contributed by atoms with Crippen molar-refractivity contribution in [3.05, 3.63) is 66.2 Å². The second kappa shape index (κ2) is 7.27. The van der Waals surface area contributed by atoms with Gasteiger partial charge in [0.25, 0.3) is 5.91 Å². The summed E-state index contributed by atoms with van der Waals surface area (Å²) in [6.07, 6.45) is 4.38. The van der Waals surface area contributed by atoms with Gasteiger partial charge in [-0.3, -0.25) is 9.48 Å². The van der Waals surface area contributed by atoms with Crippen LogP contribution in [0.4, 0.5) is 11.4 Å². The highest BCUT2D eigenvalue weighted by Gasteiger charge is 2.17. The van der Waals surface area contributed by atoms with Gasteiger partial charge in [-0.2, -0.15) is 5.10 Å². The van der Waals surface area contributed by atoms with Gasteiger partial charge in [-0.1, -0.05) is 6.07 Å². The van der Waals surface area contributed by atoms with Gasteiger partial charge in [0.2, 0.25) is 0 Å². The molecule has 0 aliphatic carbocycles. The predicted octanol–water partition coefficient (Wildman–Crippen LogP) is 4.71. The molecule has 0 aliphatic heterocycles. The maximum atomic E-state index is 12.9. The van der Waals surface area contributed by atoms with E-state index in [4.69, 9.17) is 15.6 Å². The van der Waals surface area contributed by atoms with E-state index in [0.29, 0.717) is 22.6 Å². The number of fused-ring (bicyclic) bond motifs is 1. The van der Waals surface area contributed by atoms with Gasteiger partial charge in [0.15, 0.2) is 0 Å². The van der Waals surface area contributed by atoms with E-state index in [0.717, 1.165) is 28.3 Å². The lowest BCUT2D eigenvalue weighted by atomic mass is 9.99. The number of furan rings is 1. The molecule has 0 aliphatic rings. The number of carbonyl (C=O) groups is 1. The number of hydrogen-bond acceptors (Lipinski definition) is 5. The van der Waals surface area contributed by atoms with Crippen LogP contribution in [0, 0.1) is 5.41 Å². The molecule has 0 fully saturated rings. The first-order valence-electron chi connectivity index (χ1n) is 9.24. The topological polar surface area (TPSA) is 110 Å². The Bertz CT molecular complexity index is 1220. The molecule has 0 saturated carbocycles. The highest BCUT2D eigenvalue weighted by atomic mass is 16.3. The molecular formula is C22H21N5O2. The SMILES string of the molecule is CC(C)n1nccc1C(=O)Nc1cc(-c2ccc3occc3c2)cc(N)c1C=N. The van der Waals surface area contributed by atoms with Crippen LogP contribution in [-0.2, 0) is 0 Å². The minimum absolute atomic E-state index is 0.0473. The number of nitrogens with zero attached hydrogens (tertiary/aromatic N) is 2. The first-order valence-corrected chi connectivity index (χ1v) is 9.24. The molecule has 146 valence electrons. The molecule has 4 aromatic rings. The van der Waals surface area contributed by atoms with E-state index in [-0.39, 0.29) is 11.9 Å². The van der Waals surface area contributed by atoms with Crippen LogP contribution < -0.4 is 11.1 Å². The fraction of sp³-hybridized carbons (Fsp3) is 0.136. The predicted molar refractivity (Wildman–Crippen MR) is 115 cm³/mol. The number of hydrogen-bond donors (Lipinski definition) is 3. The number of nitrogen functional groups attached to an aromatic ring is 1. The molecule has 2 aromatic heterocycles. The van der Waals surface area contributed by atoms with E-state index in [9.17, 15) is 4.79 Å². The summed E-state index contributed by atoms with van der Waals surface area (Å²) >= 11 is 0. The Labute approximate surface area is 167 Å². The van der Waals surface area contributed by atoms with Crippen molar-refractivity contribution in [2.75, 3.05) is 11.1 Å². The molecule has 0 radical (unpaired) electrons. The average molecular weight is 387 g/mol. The minimum Gasteiger partial charge on any atom is -0.464 e. The number of carbonyl (C=O) groups excluding carboxylic acids is 1. The molecular weight excluding hydrogens is 366 g/mol. The van der Waals surface area contributed by atoms with Crippen LogP contribution in [0.5, 0.6) is 0 Å². The molecule has 7 heteroatoms. The number of benzene rings is 2. The summed E-state index contributed by atoms with van der Waals surface area (Å²) in [5.74, 6) is -0.305. The Morgan fingerprint density at radius 2 is 2.03 bits per heavy atom. The maximum absolute atomic E-state index is 12.9. The molecule has 2 heterocycles. The van der Waals surface area contributed by atoms with E-state index in [1.807, 2.05) is 44.2 Å². The third kappa shape index (κ3) is 3.38. The van der Waals surface area contributed by atoms with Crippen LogP contribution in [0.1, 0.15) is 35.9 Å². The van der Waals surface area contributed by atoms with Crippen molar-refractivity contribution in [3.63, 3.8) is 0 Å². The molecule has 0 saturated heterocycles. The largest absolute Gasteiger partial charge is 0.464 e. The van der Waals surface area contributed by atoms with Crippen molar-refractivity contribution >= 4 is 34.5 Å². The summed E-state index contributed by atoms with van der Waals surface area (Å²) in [5.41, 5.74) is 10.6. The Balaban J connectivity index is 1.75. The van der Waals surface area contributed by atoms with Gasteiger partial charge in [-0.05, 0) is 61.4 Å². The number of anilines is 2. The van der Waals surface area contributed by atoms with Crippen molar-refractivity contribution in [2.24, 2.45) is 0 Å². The van der Waals surface area contributed by atoms with Crippen LogP contribution in [0.2, 0.25) is 0 Å². The van der Waals surface area contributed by atoms with Gasteiger partial charge in [0.05, 0.1) is 12.0 Å². The van der Waals surface area contributed by atoms with Gasteiger partial charge in [-0.15, -0.1) is 0 Å². The summed E-state index contributed by atoms with van der Waals surface area (Å²) in [6.45, 7) is 3.91. The molecule has 0 spiro atoms. The molecule has 0 bridgehead atoms. The third-order valence-corrected chi connectivity index (χ3v) is 4.78. The van der Waals surface area contributed by atoms with Crippen LogP contribution in [0.3, 0.4) is 0 Å². The van der Waals surface area contributed by atoms with Crippen LogP contribution >= 0.6 is 0 Å². The van der Waals surface area contributed by atoms with Gasteiger partial charge in [0.1, 0.15) is 11.3 Å². The molecule has 0 unspecified atom stereocenters. The standard InChI is InChI=1S/C22H21N5O2/c1-13(2)27-20(5-7-25-27)22(28)26-19-11-16(10-18(24)17(19)12-23)14-3-4-21-15(9-14)6-8-29-21/h3-13,23H,24H2,1-2H3,(H,26,28). The highest BCUT2D eigenvalue weighted by Crippen LogP contribution is 2.32. The second-order valence-electron chi connectivity index (χ2n) is 7.05. The molecule has 4 N–H and O–H groups in total. The molecule has 29 heavy (non-hydrogen) atoms. The van der Waals surface area contributed by atoms with E-state index >= 15 is 0 Å². The van der Waals surface area contributed by atoms with Crippen LogP contribution in [-0.4, -0.2) is 21.9 Å². The van der Waals surface area contributed by atoms with Gasteiger partial charge >= 0.3 is 0 Å². The molecule has 7 nitrogen and oxygen atoms in total. The number of amides is 1. The van der Waals surface area contributed by atoms with Crippen molar-refractivity contribution in [1.82, 2.24) is 9.78 Å². The summed E-state index contributed by atoms with van der Waals surface area (Å²) in [6, 6.07) is 13.1. The molecule has 0 atom stereocenters. The first-order chi connectivity index (χ1) is 14.0. The van der Waals surface area contributed by atoms with Crippen molar-refractivity contribution in [2.45, 2.75) is 19.9 Å². The fourth-order valence-electron chi connectivity index (χ4n) is 3.34. The number of nitrogens with one attached hydrogen (secondary N) is 2. The summed E-state index contributed by atoms with van der Waals surface area (Å²) < 4.78 is 7.05. The second-order valence-corrected chi connectivity index (χ2v) is 7.05. The fourth-order valence-corrected chi connectivity index (χ4v) is 3.34. The van der Waals surface area contributed by atoms with Gasteiger partial charge in [-0.25, -0.2) is 0 Å². The van der Waals surface area contributed by atoms with Crippen molar-refractivity contribution in [1.29, 1.82) is 5.41 Å². The van der Waals surface area contributed by atoms with Crippen molar-refractivity contribution < 1.29 is 9.21 Å². The third-order valence-electron chi connectivity index (χ3n) is 4.78. The van der Waals surface area contributed by atoms with E-state index in [1.54, 1.807) is 29.3 Å². The smallest absolute Gasteiger partial charge is 0.273 e. The maximum Gasteiger partial charge on any atom is 0.273 e. The van der Waals surface area contributed by atoms with E-state index in [1.165, 1.54) is 0 Å². The molecule has 2 aromatic carbocycles. The monoisotopic (exact) mass is 387 g/mol. The zero-order valence-electron chi connectivity index (χ0n) is 16.1. The number of aromatic nitrogens is 2. The Morgan fingerprint density at radius 3 is 2.79 bits per heavy atom. The Morgan fingerprint density at radius 1 is 1.21 bits per heavy atom. The summed E-state index contributed by atoms with van der Waals surface area (Å²) in [4.78, 5) is 12.9. The van der Waals surface area contributed by atoms with E-state index in [2.05, 4.69) is 10.4 Å². The molecule has 1 amide bonds. The average Bonchev–Trinajstić information content (AvgIpc) is 3.36. The van der Waals surface area contributed by atoms with Gasteiger partial charge in [0, 0.05) is 35.1 Å². The summed E-state index contributed by atoms with van der Waals surface area (Å²) in [5, 5.41) is 15.8. The summed E-state index contributed by atoms with van der Waals surface area (Å²) in [7, 11) is 0. The van der Waals surface area contributed by atoms with Gasteiger partial charge < -0.3 is 20.9 Å². The quantitative estimate of drug-likeness (QED) is 0.340. The molecule has 4 rings (SSSR count). The number of rotatable bonds is 5. The van der Waals surface area contributed by atoms with Crippen LogP contribution in [0.25, 0.3) is 22.1 Å². The van der Waals surface area contributed by atoms with Crippen molar-refractivity contribution in [3.8, 4) is 11.1 Å². The zero-order valence-corrected chi connectivity index (χ0v) is 16.1. The lowest BCUT2D eigenvalue weighted by Gasteiger charge is -2.15. The first kappa shape index (κ1) is 18.5. The lowest BCUT2D eigenvalue weighted by Crippen LogP contribution is -2.20. The zero-order chi connectivity index (χ0) is 20.5. The van der Waals surface area contributed by atoms with Crippen LogP contribution in [0.15, 0.2) is 59.3 Å². The Kier molecular flexibility index (Phi) is 4.64. The van der Waals surface area contributed by atoms with E-state index < -0.39 is 0 Å². The highest BCUT2D eigenvalue weighted by molar-refractivity contribution is 6.07. The normalized spacial score (nSPS) is 11.1. The lowest BCUT2D eigenvalue weighted by molar-refractivity contribution is 0.101. The Hall–Kier alpha value is -3.87.